The van der Waals surface area contributed by atoms with Crippen molar-refractivity contribution < 1.29 is 4.79 Å². The Morgan fingerprint density at radius 3 is 2.52 bits per heavy atom. The summed E-state index contributed by atoms with van der Waals surface area (Å²) in [7, 11) is 0. The minimum Gasteiger partial charge on any atom is -0.346 e. The third-order valence-electron chi connectivity index (χ3n) is 6.72. The lowest BCUT2D eigenvalue weighted by molar-refractivity contribution is 0.0715. The van der Waals surface area contributed by atoms with Crippen LogP contribution in [-0.4, -0.2) is 38.8 Å². The summed E-state index contributed by atoms with van der Waals surface area (Å²) in [6.45, 7) is 1.49. The molecule has 1 saturated heterocycles. The molecular weight excluding hydrogens is 408 g/mol. The molecule has 4 heterocycles. The number of carbonyl (C=O) groups excluding carboxylic acids is 1. The van der Waals surface area contributed by atoms with Crippen molar-refractivity contribution in [3.63, 3.8) is 0 Å². The van der Waals surface area contributed by atoms with Crippen LogP contribution in [0.3, 0.4) is 0 Å². The monoisotopic (exact) mass is 432 g/mol. The SMILES string of the molecule is O=C(c1cc(-c2ccccc2)nc2ccccc12)N1CCC(c2c[nH]c3ncccc23)CC1. The minimum atomic E-state index is 0.0878. The van der Waals surface area contributed by atoms with Crippen LogP contribution in [0.25, 0.3) is 33.2 Å². The highest BCUT2D eigenvalue weighted by Gasteiger charge is 2.27. The zero-order valence-corrected chi connectivity index (χ0v) is 18.2. The van der Waals surface area contributed by atoms with Gasteiger partial charge in [-0.3, -0.25) is 4.79 Å². The van der Waals surface area contributed by atoms with Crippen molar-refractivity contribution in [1.82, 2.24) is 19.9 Å². The largest absolute Gasteiger partial charge is 0.346 e. The van der Waals surface area contributed by atoms with Crippen LogP contribution in [0.1, 0.15) is 34.7 Å². The molecule has 0 spiro atoms. The maximum atomic E-state index is 13.7. The van der Waals surface area contributed by atoms with Gasteiger partial charge in [-0.25, -0.2) is 9.97 Å². The van der Waals surface area contributed by atoms with Crippen molar-refractivity contribution in [2.75, 3.05) is 13.1 Å². The Kier molecular flexibility index (Phi) is 4.87. The molecule has 1 aliphatic heterocycles. The van der Waals surface area contributed by atoms with Gasteiger partial charge in [-0.15, -0.1) is 0 Å². The van der Waals surface area contributed by atoms with E-state index in [0.717, 1.165) is 59.3 Å². The van der Waals surface area contributed by atoms with Gasteiger partial charge in [-0.05, 0) is 48.6 Å². The standard InChI is InChI=1S/C28H24N4O/c33-28(32-15-12-19(13-16-32)24-18-30-27-22(24)10-6-14-29-27)23-17-26(20-7-2-1-3-8-20)31-25-11-5-4-9-21(23)25/h1-11,14,17-19H,12-13,15-16H2,(H,29,30). The van der Waals surface area contributed by atoms with Gasteiger partial charge < -0.3 is 9.88 Å². The third kappa shape index (κ3) is 3.55. The molecule has 1 aliphatic rings. The van der Waals surface area contributed by atoms with Gasteiger partial charge in [0.1, 0.15) is 5.65 Å². The molecule has 2 aromatic carbocycles. The number of amides is 1. The fraction of sp³-hybridized carbons (Fsp3) is 0.179. The van der Waals surface area contributed by atoms with Crippen LogP contribution in [0.2, 0.25) is 0 Å². The summed E-state index contributed by atoms with van der Waals surface area (Å²) in [5.74, 6) is 0.519. The molecule has 0 radical (unpaired) electrons. The molecule has 0 atom stereocenters. The number of nitrogens with zero attached hydrogens (tertiary/aromatic N) is 3. The van der Waals surface area contributed by atoms with Gasteiger partial charge in [0.05, 0.1) is 16.8 Å². The number of fused-ring (bicyclic) bond motifs is 2. The molecular formula is C28H24N4O. The first-order valence-electron chi connectivity index (χ1n) is 11.4. The van der Waals surface area contributed by atoms with E-state index in [9.17, 15) is 4.79 Å². The molecule has 1 fully saturated rings. The molecule has 3 aromatic heterocycles. The summed E-state index contributed by atoms with van der Waals surface area (Å²) >= 11 is 0. The summed E-state index contributed by atoms with van der Waals surface area (Å²) in [5.41, 5.74) is 5.67. The molecule has 6 rings (SSSR count). The third-order valence-corrected chi connectivity index (χ3v) is 6.72. The number of pyridine rings is 2. The van der Waals surface area contributed by atoms with E-state index < -0.39 is 0 Å². The number of likely N-dealkylation sites (tertiary alicyclic amines) is 1. The molecule has 0 aliphatic carbocycles. The minimum absolute atomic E-state index is 0.0878. The van der Waals surface area contributed by atoms with Gasteiger partial charge >= 0.3 is 0 Å². The van der Waals surface area contributed by atoms with Crippen molar-refractivity contribution in [2.24, 2.45) is 0 Å². The maximum Gasteiger partial charge on any atom is 0.254 e. The van der Waals surface area contributed by atoms with E-state index in [1.807, 2.05) is 77.8 Å². The zero-order chi connectivity index (χ0) is 22.2. The highest BCUT2D eigenvalue weighted by Crippen LogP contribution is 2.34. The number of para-hydroxylation sites is 1. The lowest BCUT2D eigenvalue weighted by atomic mass is 9.89. The van der Waals surface area contributed by atoms with Crippen LogP contribution >= 0.6 is 0 Å². The predicted molar refractivity (Wildman–Crippen MR) is 131 cm³/mol. The van der Waals surface area contributed by atoms with E-state index in [0.29, 0.717) is 5.92 Å². The summed E-state index contributed by atoms with van der Waals surface area (Å²) in [5, 5.41) is 2.10. The van der Waals surface area contributed by atoms with Crippen molar-refractivity contribution in [3.05, 3.63) is 96.3 Å². The molecule has 1 N–H and O–H groups in total. The Hall–Kier alpha value is -3.99. The van der Waals surface area contributed by atoms with E-state index in [1.165, 1.54) is 10.9 Å². The van der Waals surface area contributed by atoms with Crippen LogP contribution in [0.5, 0.6) is 0 Å². The molecule has 162 valence electrons. The second-order valence-electron chi connectivity index (χ2n) is 8.65. The number of hydrogen-bond donors (Lipinski definition) is 1. The lowest BCUT2D eigenvalue weighted by Gasteiger charge is -2.32. The highest BCUT2D eigenvalue weighted by molar-refractivity contribution is 6.07. The number of aromatic nitrogens is 3. The van der Waals surface area contributed by atoms with Crippen molar-refractivity contribution in [2.45, 2.75) is 18.8 Å². The van der Waals surface area contributed by atoms with Crippen LogP contribution in [-0.2, 0) is 0 Å². The quantitative estimate of drug-likeness (QED) is 0.392. The average Bonchev–Trinajstić information content (AvgIpc) is 3.32. The molecule has 5 aromatic rings. The Labute approximate surface area is 192 Å². The number of benzene rings is 2. The number of rotatable bonds is 3. The average molecular weight is 433 g/mol. The van der Waals surface area contributed by atoms with Crippen LogP contribution in [0.15, 0.2) is 85.2 Å². The number of carbonyl (C=O) groups is 1. The topological polar surface area (TPSA) is 61.9 Å². The van der Waals surface area contributed by atoms with E-state index in [-0.39, 0.29) is 5.91 Å². The molecule has 33 heavy (non-hydrogen) atoms. The van der Waals surface area contributed by atoms with E-state index >= 15 is 0 Å². The van der Waals surface area contributed by atoms with E-state index in [4.69, 9.17) is 4.98 Å². The van der Waals surface area contributed by atoms with Crippen molar-refractivity contribution in [1.29, 1.82) is 0 Å². The molecule has 0 bridgehead atoms. The summed E-state index contributed by atoms with van der Waals surface area (Å²) in [6, 6.07) is 24.0. The predicted octanol–water partition coefficient (Wildman–Crippen LogP) is 5.80. The Morgan fingerprint density at radius 1 is 0.909 bits per heavy atom. The lowest BCUT2D eigenvalue weighted by Crippen LogP contribution is -2.38. The summed E-state index contributed by atoms with van der Waals surface area (Å²) in [4.78, 5) is 28.2. The second-order valence-corrected chi connectivity index (χ2v) is 8.65. The normalized spacial score (nSPS) is 14.7. The van der Waals surface area contributed by atoms with Crippen molar-refractivity contribution in [3.8, 4) is 11.3 Å². The fourth-order valence-electron chi connectivity index (χ4n) is 4.99. The van der Waals surface area contributed by atoms with Gasteiger partial charge in [0, 0.05) is 41.8 Å². The van der Waals surface area contributed by atoms with Crippen LogP contribution < -0.4 is 0 Å². The van der Waals surface area contributed by atoms with E-state index in [1.54, 1.807) is 0 Å². The molecule has 0 unspecified atom stereocenters. The fourth-order valence-corrected chi connectivity index (χ4v) is 4.99. The molecule has 5 nitrogen and oxygen atoms in total. The summed E-state index contributed by atoms with van der Waals surface area (Å²) in [6.07, 6.45) is 5.79. The van der Waals surface area contributed by atoms with Gasteiger partial charge in [0.15, 0.2) is 0 Å². The molecule has 5 heteroatoms. The number of hydrogen-bond acceptors (Lipinski definition) is 3. The van der Waals surface area contributed by atoms with Gasteiger partial charge in [-0.2, -0.15) is 0 Å². The number of piperidine rings is 1. The first-order valence-corrected chi connectivity index (χ1v) is 11.4. The Bertz CT molecular complexity index is 1450. The Morgan fingerprint density at radius 2 is 1.67 bits per heavy atom. The van der Waals surface area contributed by atoms with Gasteiger partial charge in [-0.1, -0.05) is 48.5 Å². The van der Waals surface area contributed by atoms with E-state index in [2.05, 4.69) is 22.2 Å². The number of nitrogens with one attached hydrogen (secondary N) is 1. The smallest absolute Gasteiger partial charge is 0.254 e. The maximum absolute atomic E-state index is 13.7. The first kappa shape index (κ1) is 19.7. The zero-order valence-electron chi connectivity index (χ0n) is 18.2. The van der Waals surface area contributed by atoms with Crippen LogP contribution in [0, 0.1) is 0 Å². The molecule has 0 saturated carbocycles. The highest BCUT2D eigenvalue weighted by atomic mass is 16.2. The first-order chi connectivity index (χ1) is 16.3. The molecule has 1 amide bonds. The number of H-pyrrole nitrogens is 1. The van der Waals surface area contributed by atoms with Gasteiger partial charge in [0.25, 0.3) is 5.91 Å². The summed E-state index contributed by atoms with van der Waals surface area (Å²) < 4.78 is 0. The van der Waals surface area contributed by atoms with Crippen LogP contribution in [0.4, 0.5) is 0 Å². The number of aromatic amines is 1. The Balaban J connectivity index is 1.29. The van der Waals surface area contributed by atoms with Gasteiger partial charge in [0.2, 0.25) is 0 Å². The van der Waals surface area contributed by atoms with Crippen molar-refractivity contribution >= 4 is 27.8 Å². The second kappa shape index (κ2) is 8.17.